The van der Waals surface area contributed by atoms with Crippen molar-refractivity contribution in [1.29, 1.82) is 0 Å². The average molecular weight is 274 g/mol. The molecule has 0 radical (unpaired) electrons. The third-order valence-corrected chi connectivity index (χ3v) is 5.02. The van der Waals surface area contributed by atoms with Gasteiger partial charge in [0.25, 0.3) is 0 Å². The Labute approximate surface area is 122 Å². The van der Waals surface area contributed by atoms with Crippen LogP contribution in [-0.4, -0.2) is 0 Å². The SMILES string of the molecule is Cc1c(-c2ccccc2)ccc2sc3ccccc3c12. The Morgan fingerprint density at radius 3 is 2.30 bits per heavy atom. The zero-order valence-electron chi connectivity index (χ0n) is 11.3. The van der Waals surface area contributed by atoms with E-state index in [2.05, 4.69) is 73.7 Å². The van der Waals surface area contributed by atoms with E-state index in [9.17, 15) is 0 Å². The molecule has 0 saturated heterocycles. The second-order valence-electron chi connectivity index (χ2n) is 5.08. The van der Waals surface area contributed by atoms with E-state index in [1.807, 2.05) is 11.3 Å². The van der Waals surface area contributed by atoms with Crippen molar-refractivity contribution < 1.29 is 0 Å². The molecule has 20 heavy (non-hydrogen) atoms. The summed E-state index contributed by atoms with van der Waals surface area (Å²) in [6.45, 7) is 2.24. The topological polar surface area (TPSA) is 0 Å². The van der Waals surface area contributed by atoms with Crippen molar-refractivity contribution >= 4 is 31.5 Å². The van der Waals surface area contributed by atoms with E-state index in [0.29, 0.717) is 0 Å². The molecule has 0 N–H and O–H groups in total. The Balaban J connectivity index is 2.10. The summed E-state index contributed by atoms with van der Waals surface area (Å²) < 4.78 is 2.75. The number of hydrogen-bond acceptors (Lipinski definition) is 1. The van der Waals surface area contributed by atoms with E-state index >= 15 is 0 Å². The molecule has 1 aromatic heterocycles. The number of fused-ring (bicyclic) bond motifs is 3. The molecule has 0 unspecified atom stereocenters. The van der Waals surface area contributed by atoms with Crippen molar-refractivity contribution in [2.24, 2.45) is 0 Å². The highest BCUT2D eigenvalue weighted by atomic mass is 32.1. The molecular weight excluding hydrogens is 260 g/mol. The maximum atomic E-state index is 2.26. The minimum Gasteiger partial charge on any atom is -0.135 e. The summed E-state index contributed by atoms with van der Waals surface area (Å²) >= 11 is 1.88. The summed E-state index contributed by atoms with van der Waals surface area (Å²) in [7, 11) is 0. The highest BCUT2D eigenvalue weighted by molar-refractivity contribution is 7.25. The van der Waals surface area contributed by atoms with Gasteiger partial charge in [-0.2, -0.15) is 0 Å². The Morgan fingerprint density at radius 1 is 0.700 bits per heavy atom. The first-order chi connectivity index (χ1) is 9.84. The van der Waals surface area contributed by atoms with E-state index < -0.39 is 0 Å². The van der Waals surface area contributed by atoms with E-state index in [0.717, 1.165) is 0 Å². The molecule has 0 fully saturated rings. The van der Waals surface area contributed by atoms with Gasteiger partial charge in [0.15, 0.2) is 0 Å². The van der Waals surface area contributed by atoms with Crippen molar-refractivity contribution in [3.8, 4) is 11.1 Å². The zero-order valence-corrected chi connectivity index (χ0v) is 12.1. The van der Waals surface area contributed by atoms with Crippen LogP contribution in [0.3, 0.4) is 0 Å². The van der Waals surface area contributed by atoms with Gasteiger partial charge in [0.2, 0.25) is 0 Å². The first-order valence-electron chi connectivity index (χ1n) is 6.81. The second kappa shape index (κ2) is 4.46. The monoisotopic (exact) mass is 274 g/mol. The van der Waals surface area contributed by atoms with Crippen LogP contribution in [0, 0.1) is 6.92 Å². The standard InChI is InChI=1S/C19H14S/c1-13-15(14-7-3-2-4-8-14)11-12-18-19(13)16-9-5-6-10-17(16)20-18/h2-12H,1H3. The fourth-order valence-electron chi connectivity index (χ4n) is 2.92. The molecule has 0 aliphatic heterocycles. The number of hydrogen-bond donors (Lipinski definition) is 0. The predicted molar refractivity (Wildman–Crippen MR) is 89.5 cm³/mol. The van der Waals surface area contributed by atoms with Crippen molar-refractivity contribution in [1.82, 2.24) is 0 Å². The smallest absolute Gasteiger partial charge is 0.0358 e. The third kappa shape index (κ3) is 1.67. The Hall–Kier alpha value is -2.12. The second-order valence-corrected chi connectivity index (χ2v) is 6.16. The molecule has 0 aliphatic rings. The van der Waals surface area contributed by atoms with Gasteiger partial charge in [-0.25, -0.2) is 0 Å². The summed E-state index contributed by atoms with van der Waals surface area (Å²) in [6.07, 6.45) is 0. The molecule has 96 valence electrons. The Kier molecular flexibility index (Phi) is 2.61. The van der Waals surface area contributed by atoms with Gasteiger partial charge in [0, 0.05) is 20.2 Å². The molecule has 1 heterocycles. The molecule has 0 amide bonds. The van der Waals surface area contributed by atoms with Gasteiger partial charge in [-0.1, -0.05) is 54.6 Å². The normalized spacial score (nSPS) is 11.2. The number of thiophene rings is 1. The highest BCUT2D eigenvalue weighted by Crippen LogP contribution is 2.39. The lowest BCUT2D eigenvalue weighted by atomic mass is 9.96. The van der Waals surface area contributed by atoms with Crippen LogP contribution in [0.1, 0.15) is 5.56 Å². The molecule has 1 heteroatoms. The largest absolute Gasteiger partial charge is 0.135 e. The summed E-state index contributed by atoms with van der Waals surface area (Å²) in [5, 5.41) is 2.79. The fraction of sp³-hybridized carbons (Fsp3) is 0.0526. The summed E-state index contributed by atoms with van der Waals surface area (Å²) in [4.78, 5) is 0. The number of benzene rings is 3. The van der Waals surface area contributed by atoms with E-state index in [1.54, 1.807) is 0 Å². The first kappa shape index (κ1) is 11.7. The number of rotatable bonds is 1. The lowest BCUT2D eigenvalue weighted by Crippen LogP contribution is -1.83. The Bertz CT molecular complexity index is 901. The molecule has 0 saturated carbocycles. The highest BCUT2D eigenvalue weighted by Gasteiger charge is 2.10. The van der Waals surface area contributed by atoms with Gasteiger partial charge in [-0.05, 0) is 35.7 Å². The van der Waals surface area contributed by atoms with E-state index in [-0.39, 0.29) is 0 Å². The molecule has 3 aromatic carbocycles. The molecule has 4 aromatic rings. The fourth-order valence-corrected chi connectivity index (χ4v) is 4.08. The van der Waals surface area contributed by atoms with Crippen LogP contribution in [0.2, 0.25) is 0 Å². The van der Waals surface area contributed by atoms with Gasteiger partial charge in [0.05, 0.1) is 0 Å². The Morgan fingerprint density at radius 2 is 1.45 bits per heavy atom. The van der Waals surface area contributed by atoms with Crippen LogP contribution in [0.5, 0.6) is 0 Å². The van der Waals surface area contributed by atoms with E-state index in [1.165, 1.54) is 36.9 Å². The minimum absolute atomic E-state index is 1.29. The lowest BCUT2D eigenvalue weighted by Gasteiger charge is -2.07. The first-order valence-corrected chi connectivity index (χ1v) is 7.62. The quantitative estimate of drug-likeness (QED) is 0.397. The van der Waals surface area contributed by atoms with Gasteiger partial charge in [-0.3, -0.25) is 0 Å². The van der Waals surface area contributed by atoms with Crippen molar-refractivity contribution in [3.63, 3.8) is 0 Å². The van der Waals surface area contributed by atoms with Crippen molar-refractivity contribution in [3.05, 3.63) is 72.3 Å². The summed E-state index contributed by atoms with van der Waals surface area (Å²) in [5.41, 5.74) is 4.01. The van der Waals surface area contributed by atoms with Crippen LogP contribution < -0.4 is 0 Å². The van der Waals surface area contributed by atoms with Crippen molar-refractivity contribution in [2.45, 2.75) is 6.92 Å². The molecule has 0 aliphatic carbocycles. The average Bonchev–Trinajstić information content (AvgIpc) is 2.88. The maximum Gasteiger partial charge on any atom is 0.0358 e. The molecule has 0 bridgehead atoms. The molecule has 0 nitrogen and oxygen atoms in total. The lowest BCUT2D eigenvalue weighted by molar-refractivity contribution is 1.52. The van der Waals surface area contributed by atoms with Crippen LogP contribution in [0.25, 0.3) is 31.3 Å². The number of aryl methyl sites for hydroxylation is 1. The van der Waals surface area contributed by atoms with Gasteiger partial charge in [-0.15, -0.1) is 11.3 Å². The van der Waals surface area contributed by atoms with Gasteiger partial charge >= 0.3 is 0 Å². The van der Waals surface area contributed by atoms with E-state index in [4.69, 9.17) is 0 Å². The van der Waals surface area contributed by atoms with Crippen LogP contribution >= 0.6 is 11.3 Å². The van der Waals surface area contributed by atoms with Crippen LogP contribution in [0.15, 0.2) is 66.7 Å². The minimum atomic E-state index is 1.29. The van der Waals surface area contributed by atoms with Crippen molar-refractivity contribution in [2.75, 3.05) is 0 Å². The molecule has 0 spiro atoms. The van der Waals surface area contributed by atoms with Gasteiger partial charge < -0.3 is 0 Å². The molecular formula is C19H14S. The maximum absolute atomic E-state index is 2.26. The summed E-state index contributed by atoms with van der Waals surface area (Å²) in [6, 6.07) is 23.8. The zero-order chi connectivity index (χ0) is 13.5. The van der Waals surface area contributed by atoms with Crippen LogP contribution in [-0.2, 0) is 0 Å². The van der Waals surface area contributed by atoms with Gasteiger partial charge in [0.1, 0.15) is 0 Å². The molecule has 4 rings (SSSR count). The predicted octanol–water partition coefficient (Wildman–Crippen LogP) is 6.03. The summed E-state index contributed by atoms with van der Waals surface area (Å²) in [5.74, 6) is 0. The van der Waals surface area contributed by atoms with Crippen LogP contribution in [0.4, 0.5) is 0 Å². The third-order valence-electron chi connectivity index (χ3n) is 3.89. The molecule has 0 atom stereocenters.